The Hall–Kier alpha value is -1.38. The van der Waals surface area contributed by atoms with Gasteiger partial charge in [-0.05, 0) is 35.0 Å². The summed E-state index contributed by atoms with van der Waals surface area (Å²) in [5, 5.41) is 2.90. The van der Waals surface area contributed by atoms with Crippen molar-refractivity contribution in [3.05, 3.63) is 28.5 Å². The van der Waals surface area contributed by atoms with Crippen molar-refractivity contribution in [3.63, 3.8) is 0 Å². The highest BCUT2D eigenvalue weighted by Gasteiger charge is 2.22. The first-order chi connectivity index (χ1) is 8.19. The van der Waals surface area contributed by atoms with Gasteiger partial charge in [-0.25, -0.2) is 4.79 Å². The molecule has 1 atom stereocenters. The van der Waals surface area contributed by atoms with Gasteiger partial charge in [0.15, 0.2) is 0 Å². The molecular formula is C12H13BrN2O2. The molecule has 0 saturated heterocycles. The number of hydrogen-bond donors (Lipinski definition) is 1. The molecule has 0 amide bonds. The lowest BCUT2D eigenvalue weighted by Gasteiger charge is -2.15. The molecule has 0 aliphatic heterocycles. The van der Waals surface area contributed by atoms with Gasteiger partial charge in [-0.3, -0.25) is 10.3 Å². The molecule has 0 fully saturated rings. The van der Waals surface area contributed by atoms with Crippen LogP contribution < -0.4 is 5.32 Å². The fraction of sp³-hybridized carbons (Fsp3) is 0.333. The van der Waals surface area contributed by atoms with Crippen molar-refractivity contribution in [3.8, 4) is 12.3 Å². The Morgan fingerprint density at radius 1 is 1.71 bits per heavy atom. The molecule has 1 heterocycles. The normalized spacial score (nSPS) is 11.6. The minimum Gasteiger partial charge on any atom is -0.465 e. The summed E-state index contributed by atoms with van der Waals surface area (Å²) in [6.07, 6.45) is 6.78. The maximum absolute atomic E-state index is 11.7. The van der Waals surface area contributed by atoms with Crippen molar-refractivity contribution in [1.82, 2.24) is 10.3 Å². The van der Waals surface area contributed by atoms with E-state index in [2.05, 4.69) is 32.2 Å². The fourth-order valence-corrected chi connectivity index (χ4v) is 1.49. The lowest BCUT2D eigenvalue weighted by Crippen LogP contribution is -2.31. The highest BCUT2D eigenvalue weighted by atomic mass is 79.9. The smallest absolute Gasteiger partial charge is 0.329 e. The van der Waals surface area contributed by atoms with Crippen LogP contribution in [0.15, 0.2) is 22.8 Å². The lowest BCUT2D eigenvalue weighted by molar-refractivity contribution is -0.145. The monoisotopic (exact) mass is 296 g/mol. The quantitative estimate of drug-likeness (QED) is 0.663. The fourth-order valence-electron chi connectivity index (χ4n) is 1.25. The van der Waals surface area contributed by atoms with E-state index in [1.807, 2.05) is 6.07 Å². The molecule has 0 saturated carbocycles. The topological polar surface area (TPSA) is 51.2 Å². The van der Waals surface area contributed by atoms with Gasteiger partial charge in [0, 0.05) is 10.7 Å². The van der Waals surface area contributed by atoms with Gasteiger partial charge in [0.2, 0.25) is 0 Å². The van der Waals surface area contributed by atoms with Gasteiger partial charge >= 0.3 is 5.97 Å². The molecule has 0 aliphatic rings. The first kappa shape index (κ1) is 13.7. The van der Waals surface area contributed by atoms with E-state index in [9.17, 15) is 4.79 Å². The molecular weight excluding hydrogens is 284 g/mol. The van der Waals surface area contributed by atoms with E-state index >= 15 is 0 Å². The van der Waals surface area contributed by atoms with Crippen molar-refractivity contribution in [1.29, 1.82) is 0 Å². The zero-order valence-electron chi connectivity index (χ0n) is 9.44. The zero-order chi connectivity index (χ0) is 12.7. The molecule has 0 spiro atoms. The Morgan fingerprint density at radius 3 is 3.00 bits per heavy atom. The number of halogens is 1. The van der Waals surface area contributed by atoms with Crippen LogP contribution in [0.4, 0.5) is 0 Å². The summed E-state index contributed by atoms with van der Waals surface area (Å²) in [7, 11) is 0. The number of nitrogens with zero attached hydrogens (tertiary/aromatic N) is 1. The summed E-state index contributed by atoms with van der Waals surface area (Å²) < 4.78 is 5.81. The Labute approximate surface area is 109 Å². The van der Waals surface area contributed by atoms with E-state index in [1.54, 1.807) is 19.2 Å². The van der Waals surface area contributed by atoms with Crippen LogP contribution in [0.2, 0.25) is 0 Å². The maximum atomic E-state index is 11.7. The van der Waals surface area contributed by atoms with Crippen LogP contribution in [0.5, 0.6) is 0 Å². The van der Waals surface area contributed by atoms with Gasteiger partial charge in [-0.1, -0.05) is 5.92 Å². The van der Waals surface area contributed by atoms with Crippen LogP contribution in [0.1, 0.15) is 18.7 Å². The maximum Gasteiger partial charge on any atom is 0.329 e. The summed E-state index contributed by atoms with van der Waals surface area (Å²) in [5.41, 5.74) is 0.585. The molecule has 1 aromatic heterocycles. The van der Waals surface area contributed by atoms with Crippen LogP contribution >= 0.6 is 15.9 Å². The van der Waals surface area contributed by atoms with E-state index in [-0.39, 0.29) is 12.5 Å². The van der Waals surface area contributed by atoms with Crippen molar-refractivity contribution in [2.75, 3.05) is 13.2 Å². The molecule has 90 valence electrons. The van der Waals surface area contributed by atoms with Crippen molar-refractivity contribution < 1.29 is 9.53 Å². The summed E-state index contributed by atoms with van der Waals surface area (Å²) >= 11 is 3.28. The van der Waals surface area contributed by atoms with Gasteiger partial charge in [0.05, 0.1) is 18.8 Å². The van der Waals surface area contributed by atoms with E-state index < -0.39 is 6.04 Å². The third-order valence-electron chi connectivity index (χ3n) is 1.98. The molecule has 0 aromatic carbocycles. The standard InChI is InChI=1S/C12H13BrN2O2/c1-3-7-14-11(12(16)17-4-2)10-6-5-9(13)8-15-10/h1,5-6,8,11,14H,4,7H2,2H3. The van der Waals surface area contributed by atoms with Crippen LogP contribution in [-0.4, -0.2) is 24.1 Å². The van der Waals surface area contributed by atoms with Gasteiger partial charge in [-0.2, -0.15) is 0 Å². The van der Waals surface area contributed by atoms with Crippen LogP contribution in [0, 0.1) is 12.3 Å². The molecule has 4 nitrogen and oxygen atoms in total. The van der Waals surface area contributed by atoms with E-state index in [1.165, 1.54) is 0 Å². The summed E-state index contributed by atoms with van der Waals surface area (Å²) in [5.74, 6) is 2.04. The molecule has 5 heteroatoms. The predicted octanol–water partition coefficient (Wildman–Crippen LogP) is 1.67. The van der Waals surface area contributed by atoms with Gasteiger partial charge in [0.25, 0.3) is 0 Å². The number of ether oxygens (including phenoxy) is 1. The van der Waals surface area contributed by atoms with Crippen molar-refractivity contribution >= 4 is 21.9 Å². The summed E-state index contributed by atoms with van der Waals surface area (Å²) in [4.78, 5) is 15.9. The van der Waals surface area contributed by atoms with Crippen molar-refractivity contribution in [2.45, 2.75) is 13.0 Å². The Kier molecular flexibility index (Phi) is 5.67. The second-order valence-electron chi connectivity index (χ2n) is 3.17. The minimum atomic E-state index is -0.626. The SMILES string of the molecule is C#CCNC(C(=O)OCC)c1ccc(Br)cn1. The molecule has 1 N–H and O–H groups in total. The molecule has 1 rings (SSSR count). The Balaban J connectivity index is 2.85. The number of rotatable bonds is 5. The second-order valence-corrected chi connectivity index (χ2v) is 4.09. The van der Waals surface area contributed by atoms with E-state index in [0.29, 0.717) is 12.3 Å². The number of carbonyl (C=O) groups is 1. The van der Waals surface area contributed by atoms with Crippen molar-refractivity contribution in [2.24, 2.45) is 0 Å². The third kappa shape index (κ3) is 4.17. The van der Waals surface area contributed by atoms with Crippen LogP contribution in [0.3, 0.4) is 0 Å². The van der Waals surface area contributed by atoms with E-state index in [0.717, 1.165) is 4.47 Å². The lowest BCUT2D eigenvalue weighted by atomic mass is 10.2. The minimum absolute atomic E-state index is 0.279. The molecule has 0 bridgehead atoms. The van der Waals surface area contributed by atoms with Crippen LogP contribution in [-0.2, 0) is 9.53 Å². The number of hydrogen-bond acceptors (Lipinski definition) is 4. The predicted molar refractivity (Wildman–Crippen MR) is 68.1 cm³/mol. The summed E-state index contributed by atoms with van der Waals surface area (Å²) in [6, 6.07) is 2.93. The van der Waals surface area contributed by atoms with Gasteiger partial charge < -0.3 is 4.74 Å². The first-order valence-electron chi connectivity index (χ1n) is 5.14. The van der Waals surface area contributed by atoms with Crippen LogP contribution in [0.25, 0.3) is 0 Å². The number of esters is 1. The molecule has 0 aliphatic carbocycles. The molecule has 1 unspecified atom stereocenters. The average molecular weight is 297 g/mol. The number of pyridine rings is 1. The number of carbonyl (C=O) groups excluding carboxylic acids is 1. The summed E-state index contributed by atoms with van der Waals surface area (Å²) in [6.45, 7) is 2.36. The van der Waals surface area contributed by atoms with E-state index in [4.69, 9.17) is 11.2 Å². The highest BCUT2D eigenvalue weighted by molar-refractivity contribution is 9.10. The second kappa shape index (κ2) is 7.05. The molecule has 1 aromatic rings. The molecule has 0 radical (unpaired) electrons. The first-order valence-corrected chi connectivity index (χ1v) is 5.93. The number of nitrogens with one attached hydrogen (secondary N) is 1. The molecule has 17 heavy (non-hydrogen) atoms. The van der Waals surface area contributed by atoms with Gasteiger partial charge in [0.1, 0.15) is 6.04 Å². The third-order valence-corrected chi connectivity index (χ3v) is 2.45. The Bertz CT molecular complexity index is 412. The Morgan fingerprint density at radius 2 is 2.47 bits per heavy atom. The largest absolute Gasteiger partial charge is 0.465 e. The number of terminal acetylenes is 1. The number of aromatic nitrogens is 1. The van der Waals surface area contributed by atoms with Gasteiger partial charge in [-0.15, -0.1) is 6.42 Å². The highest BCUT2D eigenvalue weighted by Crippen LogP contribution is 2.15. The average Bonchev–Trinajstić information content (AvgIpc) is 2.32. The zero-order valence-corrected chi connectivity index (χ0v) is 11.0.